The van der Waals surface area contributed by atoms with E-state index in [9.17, 15) is 9.18 Å². The maximum absolute atomic E-state index is 13.0. The summed E-state index contributed by atoms with van der Waals surface area (Å²) in [5.41, 5.74) is 2.39. The smallest absolute Gasteiger partial charge is 0.244 e. The first-order valence-electron chi connectivity index (χ1n) is 6.85. The average molecular weight is 295 g/mol. The maximum Gasteiger partial charge on any atom is 0.244 e. The lowest BCUT2D eigenvalue weighted by molar-refractivity contribution is -0.116. The van der Waals surface area contributed by atoms with Gasteiger partial charge in [0.1, 0.15) is 11.5 Å². The summed E-state index contributed by atoms with van der Waals surface area (Å²) < 4.78 is 13.0. The van der Waals surface area contributed by atoms with E-state index in [1.165, 1.54) is 18.2 Å². The number of fused-ring (bicyclic) bond motifs is 1. The molecule has 1 aromatic carbocycles. The first-order chi connectivity index (χ1) is 10.7. The predicted octanol–water partition coefficient (Wildman–Crippen LogP) is 3.03. The van der Waals surface area contributed by atoms with E-state index >= 15 is 0 Å². The van der Waals surface area contributed by atoms with E-state index in [-0.39, 0.29) is 18.3 Å². The highest BCUT2D eigenvalue weighted by Gasteiger charge is 2.02. The summed E-state index contributed by atoms with van der Waals surface area (Å²) in [6.07, 6.45) is 6.68. The van der Waals surface area contributed by atoms with E-state index in [4.69, 9.17) is 0 Å². The molecule has 0 atom stereocenters. The number of aromatic amines is 1. The number of H-pyrrole nitrogens is 1. The van der Waals surface area contributed by atoms with E-state index in [0.29, 0.717) is 0 Å². The number of carbonyl (C=O) groups excluding carboxylic acids is 1. The number of aromatic nitrogens is 2. The van der Waals surface area contributed by atoms with Crippen LogP contribution in [-0.2, 0) is 11.3 Å². The molecule has 0 saturated carbocycles. The van der Waals surface area contributed by atoms with Crippen LogP contribution in [0.3, 0.4) is 0 Å². The number of hydrogen-bond donors (Lipinski definition) is 2. The van der Waals surface area contributed by atoms with E-state index < -0.39 is 0 Å². The quantitative estimate of drug-likeness (QED) is 0.727. The van der Waals surface area contributed by atoms with Gasteiger partial charge in [-0.3, -0.25) is 4.79 Å². The predicted molar refractivity (Wildman–Crippen MR) is 83.4 cm³/mol. The highest BCUT2D eigenvalue weighted by atomic mass is 19.1. The van der Waals surface area contributed by atoms with Crippen LogP contribution in [0.5, 0.6) is 0 Å². The number of hydrogen-bond acceptors (Lipinski definition) is 2. The van der Waals surface area contributed by atoms with Gasteiger partial charge < -0.3 is 10.3 Å². The number of pyridine rings is 1. The van der Waals surface area contributed by atoms with Gasteiger partial charge in [0.05, 0.1) is 0 Å². The molecule has 2 N–H and O–H groups in total. The Kier molecular flexibility index (Phi) is 3.96. The Morgan fingerprint density at radius 1 is 1.32 bits per heavy atom. The Morgan fingerprint density at radius 2 is 2.23 bits per heavy atom. The van der Waals surface area contributed by atoms with Gasteiger partial charge in [0.2, 0.25) is 5.91 Å². The molecule has 22 heavy (non-hydrogen) atoms. The topological polar surface area (TPSA) is 57.8 Å². The van der Waals surface area contributed by atoms with Crippen molar-refractivity contribution < 1.29 is 9.18 Å². The Labute approximate surface area is 126 Å². The average Bonchev–Trinajstić information content (AvgIpc) is 2.94. The number of benzene rings is 1. The number of nitrogens with one attached hydrogen (secondary N) is 2. The molecule has 0 spiro atoms. The van der Waals surface area contributed by atoms with Crippen molar-refractivity contribution >= 4 is 23.0 Å². The molecular weight excluding hydrogens is 281 g/mol. The molecule has 0 radical (unpaired) electrons. The summed E-state index contributed by atoms with van der Waals surface area (Å²) in [5.74, 6) is -0.545. The number of amides is 1. The second-order valence-electron chi connectivity index (χ2n) is 4.82. The normalized spacial score (nSPS) is 11.1. The summed E-state index contributed by atoms with van der Waals surface area (Å²) >= 11 is 0. The summed E-state index contributed by atoms with van der Waals surface area (Å²) in [4.78, 5) is 19.0. The minimum absolute atomic E-state index is 0.234. The lowest BCUT2D eigenvalue weighted by Crippen LogP contribution is -2.20. The Hall–Kier alpha value is -2.95. The second kappa shape index (κ2) is 6.22. The molecule has 0 aliphatic heterocycles. The van der Waals surface area contributed by atoms with Crippen LogP contribution in [0.25, 0.3) is 17.1 Å². The fraction of sp³-hybridized carbons (Fsp3) is 0.0588. The van der Waals surface area contributed by atoms with Crippen molar-refractivity contribution in [2.24, 2.45) is 0 Å². The van der Waals surface area contributed by atoms with Crippen molar-refractivity contribution in [1.29, 1.82) is 0 Å². The second-order valence-corrected chi connectivity index (χ2v) is 4.82. The SMILES string of the molecule is O=C(/C=C/c1c[nH]c2ncccc12)NCc1cccc(F)c1. The molecule has 1 amide bonds. The third kappa shape index (κ3) is 3.20. The molecule has 3 aromatic rings. The zero-order valence-electron chi connectivity index (χ0n) is 11.7. The lowest BCUT2D eigenvalue weighted by atomic mass is 10.2. The molecule has 2 aromatic heterocycles. The molecule has 5 heteroatoms. The molecule has 110 valence electrons. The van der Waals surface area contributed by atoms with Crippen LogP contribution in [-0.4, -0.2) is 15.9 Å². The first-order valence-corrected chi connectivity index (χ1v) is 6.85. The van der Waals surface area contributed by atoms with Gasteiger partial charge in [-0.05, 0) is 35.9 Å². The zero-order chi connectivity index (χ0) is 15.4. The van der Waals surface area contributed by atoms with Crippen molar-refractivity contribution in [3.05, 3.63) is 71.8 Å². The van der Waals surface area contributed by atoms with Gasteiger partial charge in [-0.25, -0.2) is 9.37 Å². The van der Waals surface area contributed by atoms with Crippen molar-refractivity contribution in [1.82, 2.24) is 15.3 Å². The molecule has 3 rings (SSSR count). The molecule has 0 aliphatic rings. The van der Waals surface area contributed by atoms with Gasteiger partial charge in [-0.2, -0.15) is 0 Å². The van der Waals surface area contributed by atoms with E-state index in [2.05, 4.69) is 15.3 Å². The number of halogens is 1. The third-order valence-corrected chi connectivity index (χ3v) is 3.25. The summed E-state index contributed by atoms with van der Waals surface area (Å²) in [5, 5.41) is 3.67. The molecule has 0 saturated heterocycles. The molecule has 0 bridgehead atoms. The van der Waals surface area contributed by atoms with Crippen molar-refractivity contribution in [2.45, 2.75) is 6.54 Å². The van der Waals surface area contributed by atoms with Gasteiger partial charge in [-0.1, -0.05) is 12.1 Å². The van der Waals surface area contributed by atoms with Crippen molar-refractivity contribution in [3.8, 4) is 0 Å². The minimum atomic E-state index is -0.311. The van der Waals surface area contributed by atoms with E-state index in [0.717, 1.165) is 22.2 Å². The highest BCUT2D eigenvalue weighted by Crippen LogP contribution is 2.16. The first kappa shape index (κ1) is 14.0. The van der Waals surface area contributed by atoms with Gasteiger partial charge in [0.15, 0.2) is 0 Å². The molecule has 2 heterocycles. The standard InChI is InChI=1S/C17H14FN3O/c18-14-4-1-3-12(9-14)10-20-16(22)7-6-13-11-21-17-15(13)5-2-8-19-17/h1-9,11H,10H2,(H,19,21)(H,20,22)/b7-6+. The minimum Gasteiger partial charge on any atom is -0.348 e. The number of rotatable bonds is 4. The molecular formula is C17H14FN3O. The van der Waals surface area contributed by atoms with Crippen LogP contribution >= 0.6 is 0 Å². The van der Waals surface area contributed by atoms with Gasteiger partial charge >= 0.3 is 0 Å². The van der Waals surface area contributed by atoms with Gasteiger partial charge in [0, 0.05) is 36.0 Å². The Bertz CT molecular complexity index is 839. The number of carbonyl (C=O) groups is 1. The van der Waals surface area contributed by atoms with Crippen molar-refractivity contribution in [3.63, 3.8) is 0 Å². The Morgan fingerprint density at radius 3 is 3.09 bits per heavy atom. The largest absolute Gasteiger partial charge is 0.348 e. The third-order valence-electron chi connectivity index (χ3n) is 3.25. The van der Waals surface area contributed by atoms with Crippen LogP contribution in [0.15, 0.2) is 54.9 Å². The summed E-state index contributed by atoms with van der Waals surface area (Å²) in [7, 11) is 0. The maximum atomic E-state index is 13.0. The van der Waals surface area contributed by atoms with Crippen LogP contribution < -0.4 is 5.32 Å². The van der Waals surface area contributed by atoms with Crippen molar-refractivity contribution in [2.75, 3.05) is 0 Å². The zero-order valence-corrected chi connectivity index (χ0v) is 11.7. The molecule has 0 fully saturated rings. The highest BCUT2D eigenvalue weighted by molar-refractivity contribution is 5.95. The monoisotopic (exact) mass is 295 g/mol. The number of nitrogens with zero attached hydrogens (tertiary/aromatic N) is 1. The Balaban J connectivity index is 1.64. The van der Waals surface area contributed by atoms with Crippen LogP contribution in [0.2, 0.25) is 0 Å². The van der Waals surface area contributed by atoms with Crippen LogP contribution in [0.1, 0.15) is 11.1 Å². The summed E-state index contributed by atoms with van der Waals surface area (Å²) in [6, 6.07) is 9.93. The molecule has 4 nitrogen and oxygen atoms in total. The fourth-order valence-electron chi connectivity index (χ4n) is 2.18. The van der Waals surface area contributed by atoms with Crippen LogP contribution in [0, 0.1) is 5.82 Å². The van der Waals surface area contributed by atoms with Gasteiger partial charge in [-0.15, -0.1) is 0 Å². The lowest BCUT2D eigenvalue weighted by Gasteiger charge is -2.02. The molecule has 0 aliphatic carbocycles. The van der Waals surface area contributed by atoms with E-state index in [1.807, 2.05) is 12.1 Å². The van der Waals surface area contributed by atoms with Gasteiger partial charge in [0.25, 0.3) is 0 Å². The fourth-order valence-corrected chi connectivity index (χ4v) is 2.18. The van der Waals surface area contributed by atoms with E-state index in [1.54, 1.807) is 30.6 Å². The van der Waals surface area contributed by atoms with Crippen LogP contribution in [0.4, 0.5) is 4.39 Å². The summed E-state index contributed by atoms with van der Waals surface area (Å²) in [6.45, 7) is 0.288. The molecule has 0 unspecified atom stereocenters.